The molecule has 2 bridgehead atoms. The van der Waals surface area contributed by atoms with Gasteiger partial charge in [0, 0.05) is 23.7 Å². The van der Waals surface area contributed by atoms with E-state index in [1.54, 1.807) is 0 Å². The summed E-state index contributed by atoms with van der Waals surface area (Å²) in [6.07, 6.45) is 7.35. The minimum atomic E-state index is 0.329. The third-order valence-corrected chi connectivity index (χ3v) is 6.29. The Labute approximate surface area is 167 Å². The SMILES string of the molecule is c1ccc(Oc2ccc(-c3ccc(C45CCCN(CCC4)C5)cn3)cc2)cc1. The van der Waals surface area contributed by atoms with Crippen molar-refractivity contribution in [1.29, 1.82) is 0 Å². The van der Waals surface area contributed by atoms with Gasteiger partial charge in [-0.1, -0.05) is 24.3 Å². The van der Waals surface area contributed by atoms with Gasteiger partial charge in [0.25, 0.3) is 0 Å². The number of nitrogens with zero attached hydrogens (tertiary/aromatic N) is 2. The molecule has 2 aliphatic heterocycles. The van der Waals surface area contributed by atoms with Crippen molar-refractivity contribution in [1.82, 2.24) is 9.88 Å². The predicted octanol–water partition coefficient (Wildman–Crippen LogP) is 5.67. The number of ether oxygens (including phenoxy) is 1. The van der Waals surface area contributed by atoms with Crippen LogP contribution in [0.4, 0.5) is 0 Å². The lowest BCUT2D eigenvalue weighted by molar-refractivity contribution is 0.0941. The van der Waals surface area contributed by atoms with E-state index in [0.29, 0.717) is 5.41 Å². The quantitative estimate of drug-likeness (QED) is 0.592. The molecular formula is C25H26N2O. The maximum atomic E-state index is 5.89. The largest absolute Gasteiger partial charge is 0.457 e. The molecule has 2 aliphatic rings. The van der Waals surface area contributed by atoms with Crippen LogP contribution in [0.15, 0.2) is 72.9 Å². The zero-order valence-electron chi connectivity index (χ0n) is 16.2. The molecule has 142 valence electrons. The molecule has 0 amide bonds. The van der Waals surface area contributed by atoms with E-state index in [9.17, 15) is 0 Å². The Morgan fingerprint density at radius 1 is 0.786 bits per heavy atom. The fraction of sp³-hybridized carbons (Fsp3) is 0.320. The maximum absolute atomic E-state index is 5.89. The predicted molar refractivity (Wildman–Crippen MR) is 113 cm³/mol. The topological polar surface area (TPSA) is 25.4 Å². The summed E-state index contributed by atoms with van der Waals surface area (Å²) in [6, 6.07) is 22.6. The summed E-state index contributed by atoms with van der Waals surface area (Å²) >= 11 is 0. The van der Waals surface area contributed by atoms with E-state index in [0.717, 1.165) is 22.8 Å². The summed E-state index contributed by atoms with van der Waals surface area (Å²) in [6.45, 7) is 3.74. The molecule has 3 aromatic rings. The smallest absolute Gasteiger partial charge is 0.127 e. The molecule has 2 fully saturated rings. The zero-order valence-corrected chi connectivity index (χ0v) is 16.2. The number of pyridine rings is 1. The average Bonchev–Trinajstić information content (AvgIpc) is 2.75. The van der Waals surface area contributed by atoms with Crippen LogP contribution in [0.25, 0.3) is 11.3 Å². The highest BCUT2D eigenvalue weighted by atomic mass is 16.5. The monoisotopic (exact) mass is 370 g/mol. The van der Waals surface area contributed by atoms with Gasteiger partial charge in [-0.2, -0.15) is 0 Å². The van der Waals surface area contributed by atoms with E-state index >= 15 is 0 Å². The van der Waals surface area contributed by atoms with E-state index in [-0.39, 0.29) is 0 Å². The Hall–Kier alpha value is -2.65. The molecule has 3 heterocycles. The third-order valence-electron chi connectivity index (χ3n) is 6.29. The minimum Gasteiger partial charge on any atom is -0.457 e. The summed E-state index contributed by atoms with van der Waals surface area (Å²) in [4.78, 5) is 7.45. The van der Waals surface area contributed by atoms with Crippen molar-refractivity contribution in [3.05, 3.63) is 78.5 Å². The van der Waals surface area contributed by atoms with Crippen LogP contribution in [0, 0.1) is 0 Å². The number of benzene rings is 2. The molecule has 0 unspecified atom stereocenters. The highest BCUT2D eigenvalue weighted by molar-refractivity contribution is 5.60. The average molecular weight is 370 g/mol. The van der Waals surface area contributed by atoms with Crippen LogP contribution in [0.2, 0.25) is 0 Å². The van der Waals surface area contributed by atoms with Crippen molar-refractivity contribution in [2.45, 2.75) is 31.1 Å². The van der Waals surface area contributed by atoms with Crippen molar-refractivity contribution >= 4 is 0 Å². The van der Waals surface area contributed by atoms with Gasteiger partial charge in [-0.05, 0) is 86.8 Å². The summed E-state index contributed by atoms with van der Waals surface area (Å²) in [5.74, 6) is 1.70. The number of piperidine rings is 2. The van der Waals surface area contributed by atoms with Crippen LogP contribution in [-0.4, -0.2) is 29.5 Å². The molecule has 0 saturated carbocycles. The van der Waals surface area contributed by atoms with Crippen molar-refractivity contribution in [2.75, 3.05) is 19.6 Å². The molecule has 2 aromatic carbocycles. The molecule has 0 radical (unpaired) electrons. The van der Waals surface area contributed by atoms with E-state index in [1.165, 1.54) is 50.9 Å². The van der Waals surface area contributed by atoms with Gasteiger partial charge in [0.15, 0.2) is 0 Å². The first kappa shape index (κ1) is 17.4. The minimum absolute atomic E-state index is 0.329. The van der Waals surface area contributed by atoms with Gasteiger partial charge >= 0.3 is 0 Å². The van der Waals surface area contributed by atoms with Crippen LogP contribution in [0.1, 0.15) is 31.2 Å². The zero-order chi connectivity index (χ0) is 18.8. The lowest BCUT2D eigenvalue weighted by atomic mass is 9.69. The second-order valence-corrected chi connectivity index (χ2v) is 8.14. The van der Waals surface area contributed by atoms with Gasteiger partial charge < -0.3 is 9.64 Å². The first-order chi connectivity index (χ1) is 13.8. The molecule has 3 heteroatoms. The van der Waals surface area contributed by atoms with Crippen LogP contribution in [0.3, 0.4) is 0 Å². The van der Waals surface area contributed by atoms with Gasteiger partial charge in [0.1, 0.15) is 11.5 Å². The summed E-state index contributed by atoms with van der Waals surface area (Å²) in [5.41, 5.74) is 3.90. The number of aromatic nitrogens is 1. The molecule has 1 aromatic heterocycles. The van der Waals surface area contributed by atoms with E-state index in [2.05, 4.69) is 35.4 Å². The molecule has 0 aliphatic carbocycles. The Morgan fingerprint density at radius 3 is 2.18 bits per heavy atom. The van der Waals surface area contributed by atoms with Gasteiger partial charge in [-0.15, -0.1) is 0 Å². The fourth-order valence-electron chi connectivity index (χ4n) is 4.84. The normalized spacial score (nSPS) is 23.9. The van der Waals surface area contributed by atoms with Crippen LogP contribution < -0.4 is 4.74 Å². The number of hydrogen-bond donors (Lipinski definition) is 0. The lowest BCUT2D eigenvalue weighted by Crippen LogP contribution is -2.50. The number of hydrogen-bond acceptors (Lipinski definition) is 3. The molecular weight excluding hydrogens is 344 g/mol. The first-order valence-corrected chi connectivity index (χ1v) is 10.3. The molecule has 0 atom stereocenters. The maximum Gasteiger partial charge on any atom is 0.127 e. The van der Waals surface area contributed by atoms with Gasteiger partial charge in [0.2, 0.25) is 0 Å². The van der Waals surface area contributed by atoms with Gasteiger partial charge in [-0.25, -0.2) is 0 Å². The Morgan fingerprint density at radius 2 is 1.50 bits per heavy atom. The second kappa shape index (κ2) is 7.40. The van der Waals surface area contributed by atoms with Gasteiger partial charge in [-0.3, -0.25) is 4.98 Å². The summed E-state index contributed by atoms with van der Waals surface area (Å²) in [7, 11) is 0. The molecule has 2 saturated heterocycles. The van der Waals surface area contributed by atoms with Crippen molar-refractivity contribution in [3.8, 4) is 22.8 Å². The molecule has 0 spiro atoms. The Kier molecular flexibility index (Phi) is 4.61. The highest BCUT2D eigenvalue weighted by Gasteiger charge is 2.39. The number of rotatable bonds is 4. The molecule has 3 nitrogen and oxygen atoms in total. The fourth-order valence-corrected chi connectivity index (χ4v) is 4.84. The van der Waals surface area contributed by atoms with Gasteiger partial charge in [0.05, 0.1) is 5.69 Å². The Bertz CT molecular complexity index is 909. The number of fused-ring (bicyclic) bond motifs is 2. The second-order valence-electron chi connectivity index (χ2n) is 8.14. The van der Waals surface area contributed by atoms with Crippen LogP contribution >= 0.6 is 0 Å². The number of para-hydroxylation sites is 1. The standard InChI is InChI=1S/C25H26N2O/c1-2-6-22(7-3-1)28-23-11-8-20(9-12-23)24-13-10-21(18-26-24)25-14-4-16-27(19-25)17-5-15-25/h1-3,6-13,18H,4-5,14-17,19H2. The third kappa shape index (κ3) is 3.43. The summed E-state index contributed by atoms with van der Waals surface area (Å²) in [5, 5.41) is 0. The molecule has 28 heavy (non-hydrogen) atoms. The first-order valence-electron chi connectivity index (χ1n) is 10.3. The Balaban J connectivity index is 1.33. The van der Waals surface area contributed by atoms with E-state index < -0.39 is 0 Å². The summed E-state index contributed by atoms with van der Waals surface area (Å²) < 4.78 is 5.89. The van der Waals surface area contributed by atoms with Crippen LogP contribution in [-0.2, 0) is 5.41 Å². The van der Waals surface area contributed by atoms with Crippen molar-refractivity contribution in [2.24, 2.45) is 0 Å². The highest BCUT2D eigenvalue weighted by Crippen LogP contribution is 2.41. The van der Waals surface area contributed by atoms with Crippen molar-refractivity contribution < 1.29 is 4.74 Å². The van der Waals surface area contributed by atoms with E-state index in [4.69, 9.17) is 9.72 Å². The van der Waals surface area contributed by atoms with Crippen LogP contribution in [0.5, 0.6) is 11.5 Å². The lowest BCUT2D eigenvalue weighted by Gasteiger charge is -2.47. The molecule has 0 N–H and O–H groups in total. The van der Waals surface area contributed by atoms with E-state index in [1.807, 2.05) is 42.5 Å². The molecule has 5 rings (SSSR count). The van der Waals surface area contributed by atoms with Crippen molar-refractivity contribution in [3.63, 3.8) is 0 Å².